The highest BCUT2D eigenvalue weighted by Crippen LogP contribution is 2.17. The maximum atomic E-state index is 5.42. The summed E-state index contributed by atoms with van der Waals surface area (Å²) in [7, 11) is 0. The predicted molar refractivity (Wildman–Crippen MR) is 58.7 cm³/mol. The van der Waals surface area contributed by atoms with Crippen LogP contribution in [0.5, 0.6) is 0 Å². The first-order valence-electron chi connectivity index (χ1n) is 4.55. The van der Waals surface area contributed by atoms with E-state index in [1.807, 2.05) is 13.1 Å². The summed E-state index contributed by atoms with van der Waals surface area (Å²) in [5, 5.41) is 0. The molecule has 1 heterocycles. The molecule has 0 fully saturated rings. The molecular weight excluding hydrogens is 228 g/mol. The number of rotatable bonds is 4. The molecule has 0 unspecified atom stereocenters. The van der Waals surface area contributed by atoms with E-state index in [9.17, 15) is 0 Å². The fourth-order valence-corrected chi connectivity index (χ4v) is 1.84. The van der Waals surface area contributed by atoms with E-state index < -0.39 is 0 Å². The summed E-state index contributed by atoms with van der Waals surface area (Å²) < 4.78 is 1.12. The van der Waals surface area contributed by atoms with Crippen molar-refractivity contribution in [2.24, 2.45) is 5.73 Å². The van der Waals surface area contributed by atoms with E-state index in [0.29, 0.717) is 0 Å². The summed E-state index contributed by atoms with van der Waals surface area (Å²) in [6, 6.07) is 2.10. The van der Waals surface area contributed by atoms with Crippen LogP contribution in [0.2, 0.25) is 0 Å². The second-order valence-corrected chi connectivity index (χ2v) is 4.04. The normalized spacial score (nSPS) is 10.4. The number of nitrogens with two attached hydrogens (primary N) is 1. The second-order valence-electron chi connectivity index (χ2n) is 3.19. The lowest BCUT2D eigenvalue weighted by Gasteiger charge is -2.03. The summed E-state index contributed by atoms with van der Waals surface area (Å²) in [5.41, 5.74) is 7.75. The Bertz CT molecular complexity index is 274. The summed E-state index contributed by atoms with van der Waals surface area (Å²) >= 11 is 3.51. The third-order valence-corrected chi connectivity index (χ3v) is 2.61. The Kier molecular flexibility index (Phi) is 4.39. The zero-order valence-electron chi connectivity index (χ0n) is 7.89. The highest BCUT2D eigenvalue weighted by molar-refractivity contribution is 9.10. The van der Waals surface area contributed by atoms with Crippen LogP contribution in [0, 0.1) is 6.92 Å². The molecule has 0 aliphatic carbocycles. The van der Waals surface area contributed by atoms with E-state index in [2.05, 4.69) is 27.0 Å². The third kappa shape index (κ3) is 3.44. The molecule has 0 spiro atoms. The van der Waals surface area contributed by atoms with Crippen LogP contribution in [0.3, 0.4) is 0 Å². The van der Waals surface area contributed by atoms with Crippen LogP contribution in [0.4, 0.5) is 0 Å². The van der Waals surface area contributed by atoms with Gasteiger partial charge in [0.1, 0.15) is 0 Å². The van der Waals surface area contributed by atoms with E-state index in [1.165, 1.54) is 5.56 Å². The molecule has 3 heteroatoms. The fourth-order valence-electron chi connectivity index (χ4n) is 1.18. The SMILES string of the molecule is Cc1cnc(CCCCN)c(Br)c1. The number of halogens is 1. The van der Waals surface area contributed by atoms with Gasteiger partial charge in [-0.05, 0) is 60.3 Å². The van der Waals surface area contributed by atoms with Crippen molar-refractivity contribution >= 4 is 15.9 Å². The Morgan fingerprint density at radius 2 is 2.23 bits per heavy atom. The molecule has 0 saturated heterocycles. The maximum Gasteiger partial charge on any atom is 0.0545 e. The molecule has 1 aromatic heterocycles. The minimum Gasteiger partial charge on any atom is -0.330 e. The van der Waals surface area contributed by atoms with Crippen molar-refractivity contribution in [2.75, 3.05) is 6.54 Å². The molecule has 72 valence electrons. The summed E-state index contributed by atoms with van der Waals surface area (Å²) in [4.78, 5) is 4.36. The van der Waals surface area contributed by atoms with Gasteiger partial charge in [0, 0.05) is 10.7 Å². The minimum atomic E-state index is 0.767. The number of nitrogens with zero attached hydrogens (tertiary/aromatic N) is 1. The molecule has 0 aromatic carbocycles. The van der Waals surface area contributed by atoms with Crippen molar-refractivity contribution < 1.29 is 0 Å². The molecule has 2 N–H and O–H groups in total. The first-order chi connectivity index (χ1) is 6.24. The van der Waals surface area contributed by atoms with Crippen molar-refractivity contribution in [1.82, 2.24) is 4.98 Å². The average molecular weight is 243 g/mol. The summed E-state index contributed by atoms with van der Waals surface area (Å²) in [6.45, 7) is 2.81. The van der Waals surface area contributed by atoms with Gasteiger partial charge in [0.2, 0.25) is 0 Å². The van der Waals surface area contributed by atoms with E-state index in [-0.39, 0.29) is 0 Å². The Labute approximate surface area is 87.7 Å². The topological polar surface area (TPSA) is 38.9 Å². The molecule has 0 saturated carbocycles. The lowest BCUT2D eigenvalue weighted by molar-refractivity contribution is 0.730. The molecule has 1 aromatic rings. The largest absolute Gasteiger partial charge is 0.330 e. The standard InChI is InChI=1S/C10H15BrN2/c1-8-6-9(11)10(13-7-8)4-2-3-5-12/h6-7H,2-5,12H2,1H3. The molecule has 1 rings (SSSR count). The Balaban J connectivity index is 2.56. The quantitative estimate of drug-likeness (QED) is 0.825. The molecule has 0 aliphatic heterocycles. The number of hydrogen-bond donors (Lipinski definition) is 1. The third-order valence-electron chi connectivity index (χ3n) is 1.92. The monoisotopic (exact) mass is 242 g/mol. The highest BCUT2D eigenvalue weighted by Gasteiger charge is 2.00. The summed E-state index contributed by atoms with van der Waals surface area (Å²) in [6.07, 6.45) is 5.10. The number of hydrogen-bond acceptors (Lipinski definition) is 2. The van der Waals surface area contributed by atoms with Crippen LogP contribution in [0.1, 0.15) is 24.1 Å². The number of unbranched alkanes of at least 4 members (excludes halogenated alkanes) is 1. The number of aryl methyl sites for hydroxylation is 2. The van der Waals surface area contributed by atoms with Crippen LogP contribution < -0.4 is 5.73 Å². The van der Waals surface area contributed by atoms with Gasteiger partial charge < -0.3 is 5.73 Å². The van der Waals surface area contributed by atoms with Gasteiger partial charge in [-0.25, -0.2) is 0 Å². The number of pyridine rings is 1. The molecule has 0 radical (unpaired) electrons. The zero-order valence-corrected chi connectivity index (χ0v) is 9.47. The Morgan fingerprint density at radius 3 is 2.85 bits per heavy atom. The average Bonchev–Trinajstić information content (AvgIpc) is 2.09. The zero-order chi connectivity index (χ0) is 9.68. The molecule has 2 nitrogen and oxygen atoms in total. The van der Waals surface area contributed by atoms with Crippen molar-refractivity contribution in [3.05, 3.63) is 28.0 Å². The lowest BCUT2D eigenvalue weighted by Crippen LogP contribution is -2.00. The van der Waals surface area contributed by atoms with Gasteiger partial charge in [0.15, 0.2) is 0 Å². The molecule has 0 bridgehead atoms. The molecule has 0 aliphatic rings. The molecule has 0 amide bonds. The van der Waals surface area contributed by atoms with Crippen LogP contribution in [0.15, 0.2) is 16.7 Å². The van der Waals surface area contributed by atoms with Gasteiger partial charge in [-0.2, -0.15) is 0 Å². The molecule has 13 heavy (non-hydrogen) atoms. The van der Waals surface area contributed by atoms with E-state index in [0.717, 1.165) is 36.0 Å². The number of aromatic nitrogens is 1. The van der Waals surface area contributed by atoms with Gasteiger partial charge in [0.25, 0.3) is 0 Å². The van der Waals surface area contributed by atoms with Crippen molar-refractivity contribution in [1.29, 1.82) is 0 Å². The van der Waals surface area contributed by atoms with Gasteiger partial charge in [-0.15, -0.1) is 0 Å². The van der Waals surface area contributed by atoms with Crippen LogP contribution >= 0.6 is 15.9 Å². The Hall–Kier alpha value is -0.410. The van der Waals surface area contributed by atoms with E-state index in [4.69, 9.17) is 5.73 Å². The van der Waals surface area contributed by atoms with Crippen LogP contribution in [-0.4, -0.2) is 11.5 Å². The second kappa shape index (κ2) is 5.35. The van der Waals surface area contributed by atoms with Crippen LogP contribution in [-0.2, 0) is 6.42 Å². The van der Waals surface area contributed by atoms with Crippen molar-refractivity contribution in [3.63, 3.8) is 0 Å². The summed E-state index contributed by atoms with van der Waals surface area (Å²) in [5.74, 6) is 0. The van der Waals surface area contributed by atoms with Gasteiger partial charge in [0.05, 0.1) is 5.69 Å². The minimum absolute atomic E-state index is 0.767. The van der Waals surface area contributed by atoms with Crippen molar-refractivity contribution in [2.45, 2.75) is 26.2 Å². The van der Waals surface area contributed by atoms with Gasteiger partial charge in [-0.1, -0.05) is 0 Å². The molecule has 0 atom stereocenters. The maximum absolute atomic E-state index is 5.42. The van der Waals surface area contributed by atoms with Gasteiger partial charge >= 0.3 is 0 Å². The highest BCUT2D eigenvalue weighted by atomic mass is 79.9. The van der Waals surface area contributed by atoms with Gasteiger partial charge in [-0.3, -0.25) is 4.98 Å². The van der Waals surface area contributed by atoms with E-state index >= 15 is 0 Å². The Morgan fingerprint density at radius 1 is 1.46 bits per heavy atom. The predicted octanol–water partition coefficient (Wildman–Crippen LogP) is 2.43. The molecular formula is C10H15BrN2. The van der Waals surface area contributed by atoms with Crippen LogP contribution in [0.25, 0.3) is 0 Å². The fraction of sp³-hybridized carbons (Fsp3) is 0.500. The van der Waals surface area contributed by atoms with Crippen molar-refractivity contribution in [3.8, 4) is 0 Å². The van der Waals surface area contributed by atoms with E-state index in [1.54, 1.807) is 0 Å². The smallest absolute Gasteiger partial charge is 0.0545 e. The lowest BCUT2D eigenvalue weighted by atomic mass is 10.1. The first-order valence-corrected chi connectivity index (χ1v) is 5.34. The first kappa shape index (κ1) is 10.7.